The zero-order valence-electron chi connectivity index (χ0n) is 11.4. The maximum atomic E-state index is 11.9. The van der Waals surface area contributed by atoms with Gasteiger partial charge in [0.2, 0.25) is 0 Å². The summed E-state index contributed by atoms with van der Waals surface area (Å²) < 4.78 is 5.16. The van der Waals surface area contributed by atoms with Crippen LogP contribution in [-0.4, -0.2) is 54.2 Å². The molecule has 6 heteroatoms. The van der Waals surface area contributed by atoms with Crippen LogP contribution in [0.2, 0.25) is 0 Å². The third-order valence-corrected chi connectivity index (χ3v) is 3.49. The van der Waals surface area contributed by atoms with Gasteiger partial charge in [0, 0.05) is 32.8 Å². The van der Waals surface area contributed by atoms with Gasteiger partial charge in [-0.05, 0) is 26.7 Å². The van der Waals surface area contributed by atoms with Crippen LogP contribution in [-0.2, 0) is 9.53 Å². The van der Waals surface area contributed by atoms with Crippen LogP contribution >= 0.6 is 12.2 Å². The Kier molecular flexibility index (Phi) is 5.49. The molecule has 1 rings (SSSR count). The van der Waals surface area contributed by atoms with Crippen LogP contribution < -0.4 is 11.1 Å². The molecule has 18 heavy (non-hydrogen) atoms. The summed E-state index contributed by atoms with van der Waals surface area (Å²) in [6.45, 7) is 6.03. The predicted octanol–water partition coefficient (Wildman–Crippen LogP) is 0.278. The van der Waals surface area contributed by atoms with E-state index in [1.54, 1.807) is 21.0 Å². The molecule has 0 aromatic carbocycles. The molecule has 0 unspecified atom stereocenters. The van der Waals surface area contributed by atoms with Crippen LogP contribution in [0.4, 0.5) is 0 Å². The van der Waals surface area contributed by atoms with Gasteiger partial charge in [0.05, 0.1) is 4.99 Å². The summed E-state index contributed by atoms with van der Waals surface area (Å²) in [4.78, 5) is 14.7. The first-order valence-corrected chi connectivity index (χ1v) is 6.62. The van der Waals surface area contributed by atoms with Gasteiger partial charge in [0.25, 0.3) is 5.91 Å². The first kappa shape index (κ1) is 15.3. The number of methoxy groups -OCH3 is 1. The zero-order valence-corrected chi connectivity index (χ0v) is 12.2. The SMILES string of the molecule is COC(C)(C)C(=O)NC1CCN(CC(N)=S)CC1. The molecule has 104 valence electrons. The van der Waals surface area contributed by atoms with E-state index in [1.165, 1.54) is 0 Å². The van der Waals surface area contributed by atoms with Crippen molar-refractivity contribution < 1.29 is 9.53 Å². The molecule has 0 aromatic heterocycles. The van der Waals surface area contributed by atoms with Gasteiger partial charge < -0.3 is 15.8 Å². The van der Waals surface area contributed by atoms with Crippen molar-refractivity contribution in [2.45, 2.75) is 38.3 Å². The molecular formula is C12H23N3O2S. The second kappa shape index (κ2) is 6.45. The highest BCUT2D eigenvalue weighted by Crippen LogP contribution is 2.13. The monoisotopic (exact) mass is 273 g/mol. The molecule has 0 saturated carbocycles. The average Bonchev–Trinajstić information content (AvgIpc) is 2.31. The Hall–Kier alpha value is -0.720. The Labute approximate surface area is 114 Å². The normalized spacial score (nSPS) is 18.6. The van der Waals surface area contributed by atoms with Gasteiger partial charge in [-0.25, -0.2) is 0 Å². The van der Waals surface area contributed by atoms with E-state index in [0.29, 0.717) is 11.5 Å². The standard InChI is InChI=1S/C12H23N3O2S/c1-12(2,17-3)11(16)14-9-4-6-15(7-5-9)8-10(13)18/h9H,4-8H2,1-3H3,(H2,13,18)(H,14,16). The summed E-state index contributed by atoms with van der Waals surface area (Å²) in [5.41, 5.74) is 4.75. The molecular weight excluding hydrogens is 250 g/mol. The fourth-order valence-corrected chi connectivity index (χ4v) is 2.09. The third kappa shape index (κ3) is 4.51. The van der Waals surface area contributed by atoms with Crippen molar-refractivity contribution in [1.82, 2.24) is 10.2 Å². The molecule has 0 bridgehead atoms. The molecule has 1 saturated heterocycles. The molecule has 0 spiro atoms. The molecule has 0 aliphatic carbocycles. The van der Waals surface area contributed by atoms with Crippen LogP contribution in [0.1, 0.15) is 26.7 Å². The minimum Gasteiger partial charge on any atom is -0.392 e. The number of hydrogen-bond donors (Lipinski definition) is 2. The number of amides is 1. The molecule has 5 nitrogen and oxygen atoms in total. The van der Waals surface area contributed by atoms with Gasteiger partial charge in [0.1, 0.15) is 5.60 Å². The van der Waals surface area contributed by atoms with E-state index in [1.807, 2.05) is 0 Å². The average molecular weight is 273 g/mol. The van der Waals surface area contributed by atoms with Gasteiger partial charge in [0.15, 0.2) is 0 Å². The number of nitrogens with one attached hydrogen (secondary N) is 1. The van der Waals surface area contributed by atoms with E-state index in [2.05, 4.69) is 10.2 Å². The van der Waals surface area contributed by atoms with E-state index in [4.69, 9.17) is 22.7 Å². The molecule has 1 aliphatic rings. The molecule has 0 aromatic rings. The van der Waals surface area contributed by atoms with Crippen molar-refractivity contribution in [2.24, 2.45) is 5.73 Å². The van der Waals surface area contributed by atoms with Crippen LogP contribution in [0.3, 0.4) is 0 Å². The Bertz CT molecular complexity index is 312. The Balaban J connectivity index is 2.36. The molecule has 3 N–H and O–H groups in total. The lowest BCUT2D eigenvalue weighted by Gasteiger charge is -2.33. The first-order valence-electron chi connectivity index (χ1n) is 6.22. The van der Waals surface area contributed by atoms with E-state index in [0.717, 1.165) is 25.9 Å². The summed E-state index contributed by atoms with van der Waals surface area (Å²) in [6, 6.07) is 0.217. The van der Waals surface area contributed by atoms with Crippen molar-refractivity contribution in [3.8, 4) is 0 Å². The van der Waals surface area contributed by atoms with Crippen LogP contribution in [0.15, 0.2) is 0 Å². The highest BCUT2D eigenvalue weighted by atomic mass is 32.1. The number of nitrogens with two attached hydrogens (primary N) is 1. The maximum absolute atomic E-state index is 11.9. The second-order valence-electron chi connectivity index (χ2n) is 5.20. The van der Waals surface area contributed by atoms with Gasteiger partial charge in [-0.1, -0.05) is 12.2 Å². The Morgan fingerprint density at radius 2 is 2.06 bits per heavy atom. The maximum Gasteiger partial charge on any atom is 0.251 e. The van der Waals surface area contributed by atoms with Crippen molar-refractivity contribution in [3.63, 3.8) is 0 Å². The lowest BCUT2D eigenvalue weighted by Crippen LogP contribution is -2.51. The number of carbonyl (C=O) groups is 1. The largest absolute Gasteiger partial charge is 0.392 e. The van der Waals surface area contributed by atoms with Crippen LogP contribution in [0.5, 0.6) is 0 Å². The number of piperidine rings is 1. The van der Waals surface area contributed by atoms with E-state index in [-0.39, 0.29) is 11.9 Å². The Morgan fingerprint density at radius 3 is 2.50 bits per heavy atom. The Morgan fingerprint density at radius 1 is 1.50 bits per heavy atom. The lowest BCUT2D eigenvalue weighted by molar-refractivity contribution is -0.140. The van der Waals surface area contributed by atoms with E-state index >= 15 is 0 Å². The van der Waals surface area contributed by atoms with E-state index in [9.17, 15) is 4.79 Å². The fourth-order valence-electron chi connectivity index (χ4n) is 1.91. The highest BCUT2D eigenvalue weighted by Gasteiger charge is 2.30. The predicted molar refractivity (Wildman–Crippen MR) is 75.5 cm³/mol. The van der Waals surface area contributed by atoms with Crippen LogP contribution in [0, 0.1) is 0 Å². The van der Waals surface area contributed by atoms with Gasteiger partial charge in [-0.3, -0.25) is 9.69 Å². The second-order valence-corrected chi connectivity index (χ2v) is 5.73. The molecule has 1 amide bonds. The minimum absolute atomic E-state index is 0.0576. The summed E-state index contributed by atoms with van der Waals surface area (Å²) in [5, 5.41) is 3.03. The molecule has 1 heterocycles. The number of ether oxygens (including phenoxy) is 1. The summed E-state index contributed by atoms with van der Waals surface area (Å²) in [6.07, 6.45) is 1.85. The third-order valence-electron chi connectivity index (χ3n) is 3.36. The molecule has 1 aliphatic heterocycles. The summed E-state index contributed by atoms with van der Waals surface area (Å²) in [5.74, 6) is -0.0576. The molecule has 1 fully saturated rings. The number of thiocarbonyl (C=S) groups is 1. The van der Waals surface area contributed by atoms with Gasteiger partial charge >= 0.3 is 0 Å². The minimum atomic E-state index is -0.768. The van der Waals surface area contributed by atoms with Crippen molar-refractivity contribution in [1.29, 1.82) is 0 Å². The quantitative estimate of drug-likeness (QED) is 0.704. The van der Waals surface area contributed by atoms with Crippen molar-refractivity contribution >= 4 is 23.1 Å². The number of rotatable bonds is 5. The first-order chi connectivity index (χ1) is 8.35. The van der Waals surface area contributed by atoms with Crippen molar-refractivity contribution in [3.05, 3.63) is 0 Å². The van der Waals surface area contributed by atoms with Crippen LogP contribution in [0.25, 0.3) is 0 Å². The van der Waals surface area contributed by atoms with Crippen molar-refractivity contribution in [2.75, 3.05) is 26.7 Å². The number of carbonyl (C=O) groups excluding carboxylic acids is 1. The van der Waals surface area contributed by atoms with Gasteiger partial charge in [-0.15, -0.1) is 0 Å². The summed E-state index contributed by atoms with van der Waals surface area (Å²) in [7, 11) is 1.55. The van der Waals surface area contributed by atoms with Gasteiger partial charge in [-0.2, -0.15) is 0 Å². The lowest BCUT2D eigenvalue weighted by atomic mass is 10.0. The topological polar surface area (TPSA) is 67.6 Å². The van der Waals surface area contributed by atoms with E-state index < -0.39 is 5.60 Å². The molecule has 0 radical (unpaired) electrons. The fraction of sp³-hybridized carbons (Fsp3) is 0.833. The number of hydrogen-bond acceptors (Lipinski definition) is 4. The molecule has 0 atom stereocenters. The number of likely N-dealkylation sites (tertiary alicyclic amines) is 1. The number of nitrogens with zero attached hydrogens (tertiary/aromatic N) is 1. The zero-order chi connectivity index (χ0) is 13.8. The highest BCUT2D eigenvalue weighted by molar-refractivity contribution is 7.80. The summed E-state index contributed by atoms with van der Waals surface area (Å²) >= 11 is 4.89. The smallest absolute Gasteiger partial charge is 0.251 e.